The first-order chi connectivity index (χ1) is 8.06. The van der Waals surface area contributed by atoms with E-state index in [4.69, 9.17) is 11.6 Å². The van der Waals surface area contributed by atoms with Gasteiger partial charge in [0, 0.05) is 12.1 Å². The largest absolute Gasteiger partial charge is 0.307 e. The molecule has 0 aliphatic rings. The Morgan fingerprint density at radius 1 is 1.18 bits per heavy atom. The number of rotatable bonds is 6. The maximum atomic E-state index is 13.3. The van der Waals surface area contributed by atoms with Gasteiger partial charge in [0.1, 0.15) is 5.82 Å². The first-order valence-corrected chi connectivity index (χ1v) is 6.63. The minimum absolute atomic E-state index is 0.163. The Hall–Kier alpha value is -0.600. The van der Waals surface area contributed by atoms with E-state index in [1.54, 1.807) is 6.07 Å². The molecule has 0 aliphatic heterocycles. The quantitative estimate of drug-likeness (QED) is 0.789. The third-order valence-electron chi connectivity index (χ3n) is 3.68. The van der Waals surface area contributed by atoms with Crippen molar-refractivity contribution in [2.45, 2.75) is 52.1 Å². The van der Waals surface area contributed by atoms with Crippen LogP contribution < -0.4 is 5.32 Å². The monoisotopic (exact) mass is 257 g/mol. The van der Waals surface area contributed by atoms with E-state index in [0.29, 0.717) is 6.54 Å². The summed E-state index contributed by atoms with van der Waals surface area (Å²) in [6.45, 7) is 7.23. The van der Waals surface area contributed by atoms with Crippen LogP contribution in [0.15, 0.2) is 18.2 Å². The van der Waals surface area contributed by atoms with Crippen molar-refractivity contribution in [2.75, 3.05) is 0 Å². The topological polar surface area (TPSA) is 12.0 Å². The van der Waals surface area contributed by atoms with Crippen molar-refractivity contribution in [1.82, 2.24) is 5.32 Å². The zero-order valence-electron chi connectivity index (χ0n) is 10.8. The minimum atomic E-state index is -0.346. The van der Waals surface area contributed by atoms with Gasteiger partial charge < -0.3 is 5.32 Å². The summed E-state index contributed by atoms with van der Waals surface area (Å²) in [6, 6.07) is 4.98. The third-order valence-corrected chi connectivity index (χ3v) is 3.99. The molecule has 96 valence electrons. The van der Waals surface area contributed by atoms with Gasteiger partial charge in [-0.2, -0.15) is 0 Å². The molecule has 3 heteroatoms. The van der Waals surface area contributed by atoms with Crippen LogP contribution in [0, 0.1) is 5.82 Å². The number of halogens is 2. The molecule has 0 heterocycles. The molecule has 17 heavy (non-hydrogen) atoms. The van der Waals surface area contributed by atoms with E-state index in [0.717, 1.165) is 24.8 Å². The molecule has 0 amide bonds. The fraction of sp³-hybridized carbons (Fsp3) is 0.571. The molecular formula is C14H21ClFN. The summed E-state index contributed by atoms with van der Waals surface area (Å²) in [5.41, 5.74) is 1.10. The van der Waals surface area contributed by atoms with Gasteiger partial charge in [0.25, 0.3) is 0 Å². The van der Waals surface area contributed by atoms with Crippen molar-refractivity contribution in [1.29, 1.82) is 0 Å². The van der Waals surface area contributed by atoms with Gasteiger partial charge in [-0.25, -0.2) is 4.39 Å². The summed E-state index contributed by atoms with van der Waals surface area (Å²) in [7, 11) is 0. The number of nitrogens with one attached hydrogen (secondary N) is 1. The van der Waals surface area contributed by atoms with Crippen LogP contribution in [0.25, 0.3) is 0 Å². The van der Waals surface area contributed by atoms with E-state index in [9.17, 15) is 4.39 Å². The smallest absolute Gasteiger partial charge is 0.142 e. The highest BCUT2D eigenvalue weighted by Gasteiger charge is 2.22. The molecule has 1 aromatic rings. The Bertz CT molecular complexity index is 353. The maximum Gasteiger partial charge on any atom is 0.142 e. The van der Waals surface area contributed by atoms with Crippen molar-refractivity contribution in [3.63, 3.8) is 0 Å². The predicted molar refractivity (Wildman–Crippen MR) is 71.9 cm³/mol. The highest BCUT2D eigenvalue weighted by Crippen LogP contribution is 2.21. The van der Waals surface area contributed by atoms with Gasteiger partial charge >= 0.3 is 0 Å². The summed E-state index contributed by atoms with van der Waals surface area (Å²) in [5.74, 6) is -0.346. The number of hydrogen-bond donors (Lipinski definition) is 1. The zero-order valence-corrected chi connectivity index (χ0v) is 11.6. The summed E-state index contributed by atoms with van der Waals surface area (Å²) in [5, 5.41) is 3.72. The average molecular weight is 258 g/mol. The molecule has 1 nitrogen and oxygen atoms in total. The highest BCUT2D eigenvalue weighted by molar-refractivity contribution is 6.30. The molecule has 0 aliphatic carbocycles. The van der Waals surface area contributed by atoms with Crippen LogP contribution in [0.3, 0.4) is 0 Å². The molecule has 0 spiro atoms. The van der Waals surface area contributed by atoms with Crippen molar-refractivity contribution >= 4 is 11.6 Å². The third kappa shape index (κ3) is 3.68. The second-order valence-electron chi connectivity index (χ2n) is 4.44. The van der Waals surface area contributed by atoms with Crippen LogP contribution in [0.1, 0.15) is 45.6 Å². The van der Waals surface area contributed by atoms with Crippen LogP contribution in [-0.4, -0.2) is 5.54 Å². The Morgan fingerprint density at radius 3 is 2.24 bits per heavy atom. The molecular weight excluding hydrogens is 237 g/mol. The molecule has 0 fully saturated rings. The van der Waals surface area contributed by atoms with Crippen molar-refractivity contribution < 1.29 is 4.39 Å². The Balaban J connectivity index is 2.68. The molecule has 0 radical (unpaired) electrons. The van der Waals surface area contributed by atoms with Gasteiger partial charge in [-0.1, -0.05) is 38.4 Å². The Morgan fingerprint density at radius 2 is 1.76 bits per heavy atom. The molecule has 1 rings (SSSR count). The van der Waals surface area contributed by atoms with E-state index in [-0.39, 0.29) is 16.4 Å². The molecule has 0 aromatic heterocycles. The van der Waals surface area contributed by atoms with Gasteiger partial charge in [0.2, 0.25) is 0 Å². The number of hydrogen-bond acceptors (Lipinski definition) is 1. The fourth-order valence-electron chi connectivity index (χ4n) is 2.06. The molecule has 1 N–H and O–H groups in total. The molecule has 1 aromatic carbocycles. The molecule has 0 bridgehead atoms. The molecule has 0 atom stereocenters. The van der Waals surface area contributed by atoms with E-state index in [1.165, 1.54) is 6.07 Å². The molecule has 0 saturated carbocycles. The zero-order chi connectivity index (χ0) is 12.9. The maximum absolute atomic E-state index is 13.3. The van der Waals surface area contributed by atoms with Crippen molar-refractivity contribution in [3.8, 4) is 0 Å². The van der Waals surface area contributed by atoms with Gasteiger partial charge in [0.15, 0.2) is 0 Å². The van der Waals surface area contributed by atoms with Gasteiger partial charge in [-0.3, -0.25) is 0 Å². The lowest BCUT2D eigenvalue weighted by molar-refractivity contribution is 0.288. The van der Waals surface area contributed by atoms with Crippen LogP contribution in [-0.2, 0) is 6.54 Å². The highest BCUT2D eigenvalue weighted by atomic mass is 35.5. The molecule has 0 unspecified atom stereocenters. The van der Waals surface area contributed by atoms with Crippen molar-refractivity contribution in [3.05, 3.63) is 34.6 Å². The Kier molecular flexibility index (Phi) is 5.41. The lowest BCUT2D eigenvalue weighted by Crippen LogP contribution is -2.43. The van der Waals surface area contributed by atoms with E-state index in [2.05, 4.69) is 26.1 Å². The van der Waals surface area contributed by atoms with Crippen LogP contribution in [0.4, 0.5) is 4.39 Å². The van der Waals surface area contributed by atoms with Crippen molar-refractivity contribution in [2.24, 2.45) is 0 Å². The second kappa shape index (κ2) is 6.36. The summed E-state index contributed by atoms with van der Waals surface area (Å²) >= 11 is 5.66. The second-order valence-corrected chi connectivity index (χ2v) is 4.85. The standard InChI is InChI=1S/C14H21ClFN/c1-4-14(5-2,6-3)17-10-11-7-8-12(15)13(16)9-11/h7-9,17H,4-6,10H2,1-3H3. The van der Waals surface area contributed by atoms with Gasteiger partial charge in [-0.15, -0.1) is 0 Å². The fourth-order valence-corrected chi connectivity index (χ4v) is 2.18. The van der Waals surface area contributed by atoms with Crippen LogP contribution in [0.2, 0.25) is 5.02 Å². The number of benzene rings is 1. The summed E-state index contributed by atoms with van der Waals surface area (Å²) in [6.07, 6.45) is 3.24. The van der Waals surface area contributed by atoms with E-state index >= 15 is 0 Å². The molecule has 0 saturated heterocycles. The minimum Gasteiger partial charge on any atom is -0.307 e. The van der Waals surface area contributed by atoms with Crippen LogP contribution in [0.5, 0.6) is 0 Å². The summed E-state index contributed by atoms with van der Waals surface area (Å²) < 4.78 is 13.3. The Labute approximate surface area is 108 Å². The summed E-state index contributed by atoms with van der Waals surface area (Å²) in [4.78, 5) is 0. The van der Waals surface area contributed by atoms with Gasteiger partial charge in [-0.05, 0) is 37.0 Å². The normalized spacial score (nSPS) is 11.8. The first kappa shape index (κ1) is 14.5. The average Bonchev–Trinajstić information content (AvgIpc) is 2.36. The van der Waals surface area contributed by atoms with E-state index < -0.39 is 0 Å². The predicted octanol–water partition coefficient (Wildman–Crippen LogP) is 4.54. The van der Waals surface area contributed by atoms with Crippen LogP contribution >= 0.6 is 11.6 Å². The first-order valence-electron chi connectivity index (χ1n) is 6.26. The SMILES string of the molecule is CCC(CC)(CC)NCc1ccc(Cl)c(F)c1. The lowest BCUT2D eigenvalue weighted by atomic mass is 9.89. The van der Waals surface area contributed by atoms with Gasteiger partial charge in [0.05, 0.1) is 5.02 Å². The lowest BCUT2D eigenvalue weighted by Gasteiger charge is -2.32. The van der Waals surface area contributed by atoms with E-state index in [1.807, 2.05) is 6.07 Å².